The van der Waals surface area contributed by atoms with Gasteiger partial charge in [-0.2, -0.15) is 0 Å². The van der Waals surface area contributed by atoms with E-state index in [0.29, 0.717) is 11.4 Å². The third-order valence-corrected chi connectivity index (χ3v) is 3.36. The molecule has 4 heteroatoms. The molecule has 3 aromatic rings. The molecule has 0 aliphatic carbocycles. The zero-order valence-electron chi connectivity index (χ0n) is 10.4. The van der Waals surface area contributed by atoms with Gasteiger partial charge in [0.15, 0.2) is 0 Å². The zero-order chi connectivity index (χ0) is 13.9. The van der Waals surface area contributed by atoms with Gasteiger partial charge >= 0.3 is 5.97 Å². The van der Waals surface area contributed by atoms with E-state index in [1.54, 1.807) is 18.2 Å². The van der Waals surface area contributed by atoms with E-state index in [2.05, 4.69) is 20.9 Å². The zero-order valence-corrected chi connectivity index (χ0v) is 12.0. The van der Waals surface area contributed by atoms with Crippen LogP contribution in [0, 0.1) is 0 Å². The second-order valence-electron chi connectivity index (χ2n) is 4.23. The molecule has 3 rings (SSSR count). The van der Waals surface area contributed by atoms with Crippen molar-refractivity contribution in [3.63, 3.8) is 0 Å². The summed E-state index contributed by atoms with van der Waals surface area (Å²) < 4.78 is 6.21. The molecule has 0 unspecified atom stereocenters. The molecule has 98 valence electrons. The number of benzene rings is 2. The number of fused-ring (bicyclic) bond motifs is 1. The number of hydrogen-bond donors (Lipinski definition) is 0. The highest BCUT2D eigenvalue weighted by Gasteiger charge is 2.10. The van der Waals surface area contributed by atoms with Gasteiger partial charge in [0.25, 0.3) is 0 Å². The summed E-state index contributed by atoms with van der Waals surface area (Å²) in [5.41, 5.74) is 1.07. The van der Waals surface area contributed by atoms with Crippen LogP contribution in [0.4, 0.5) is 0 Å². The lowest BCUT2D eigenvalue weighted by atomic mass is 10.2. The lowest BCUT2D eigenvalue weighted by Crippen LogP contribution is -2.10. The molecule has 3 nitrogen and oxygen atoms in total. The summed E-state index contributed by atoms with van der Waals surface area (Å²) in [5, 5.41) is 0.993. The Kier molecular flexibility index (Phi) is 3.48. The molecule has 0 amide bonds. The van der Waals surface area contributed by atoms with Crippen molar-refractivity contribution in [2.75, 3.05) is 0 Å². The van der Waals surface area contributed by atoms with E-state index in [0.717, 1.165) is 15.4 Å². The molecule has 0 fully saturated rings. The summed E-state index contributed by atoms with van der Waals surface area (Å²) in [5.74, 6) is 0.0336. The number of pyridine rings is 1. The van der Waals surface area contributed by atoms with Gasteiger partial charge in [0.05, 0.1) is 5.52 Å². The van der Waals surface area contributed by atoms with Gasteiger partial charge in [-0.1, -0.05) is 40.2 Å². The van der Waals surface area contributed by atoms with Crippen LogP contribution in [0.1, 0.15) is 10.5 Å². The molecule has 0 aliphatic heterocycles. The Hall–Kier alpha value is -2.20. The number of aromatic nitrogens is 1. The SMILES string of the molecule is O=C(Oc1ccc(Br)cc1)c1ccc2ccccc2n1. The molecule has 0 radical (unpaired) electrons. The van der Waals surface area contributed by atoms with Gasteiger partial charge in [-0.3, -0.25) is 0 Å². The number of rotatable bonds is 2. The predicted molar refractivity (Wildman–Crippen MR) is 80.8 cm³/mol. The largest absolute Gasteiger partial charge is 0.422 e. The van der Waals surface area contributed by atoms with E-state index in [9.17, 15) is 4.79 Å². The molecule has 2 aromatic carbocycles. The van der Waals surface area contributed by atoms with E-state index in [-0.39, 0.29) is 0 Å². The maximum absolute atomic E-state index is 12.0. The van der Waals surface area contributed by atoms with Crippen LogP contribution in [0.15, 0.2) is 65.1 Å². The van der Waals surface area contributed by atoms with E-state index in [1.807, 2.05) is 42.5 Å². The number of carbonyl (C=O) groups is 1. The third kappa shape index (κ3) is 2.70. The van der Waals surface area contributed by atoms with Gasteiger partial charge in [0, 0.05) is 9.86 Å². The van der Waals surface area contributed by atoms with Crippen molar-refractivity contribution in [1.82, 2.24) is 4.98 Å². The Balaban J connectivity index is 1.86. The summed E-state index contributed by atoms with van der Waals surface area (Å²) in [6.45, 7) is 0. The van der Waals surface area contributed by atoms with E-state index in [4.69, 9.17) is 4.74 Å². The second-order valence-corrected chi connectivity index (χ2v) is 5.15. The highest BCUT2D eigenvalue weighted by atomic mass is 79.9. The molecular formula is C16H10BrNO2. The van der Waals surface area contributed by atoms with Crippen LogP contribution in [-0.2, 0) is 0 Å². The smallest absolute Gasteiger partial charge is 0.362 e. The average molecular weight is 328 g/mol. The Morgan fingerprint density at radius 3 is 2.50 bits per heavy atom. The van der Waals surface area contributed by atoms with Gasteiger partial charge in [0.1, 0.15) is 11.4 Å². The van der Waals surface area contributed by atoms with Crippen LogP contribution in [0.25, 0.3) is 10.9 Å². The number of halogens is 1. The topological polar surface area (TPSA) is 39.2 Å². The molecule has 20 heavy (non-hydrogen) atoms. The van der Waals surface area contributed by atoms with Crippen molar-refractivity contribution < 1.29 is 9.53 Å². The standard InChI is InChI=1S/C16H10BrNO2/c17-12-6-8-13(9-7-12)20-16(19)15-10-5-11-3-1-2-4-14(11)18-15/h1-10H. The minimum atomic E-state index is -0.460. The fourth-order valence-electron chi connectivity index (χ4n) is 1.84. The third-order valence-electron chi connectivity index (χ3n) is 2.83. The van der Waals surface area contributed by atoms with Crippen molar-refractivity contribution in [3.05, 3.63) is 70.8 Å². The van der Waals surface area contributed by atoms with Crippen molar-refractivity contribution >= 4 is 32.8 Å². The highest BCUT2D eigenvalue weighted by molar-refractivity contribution is 9.10. The Morgan fingerprint density at radius 2 is 1.70 bits per heavy atom. The number of esters is 1. The average Bonchev–Trinajstić information content (AvgIpc) is 2.49. The van der Waals surface area contributed by atoms with Crippen LogP contribution < -0.4 is 4.74 Å². The maximum Gasteiger partial charge on any atom is 0.362 e. The molecule has 0 atom stereocenters. The van der Waals surface area contributed by atoms with Gasteiger partial charge < -0.3 is 4.74 Å². The maximum atomic E-state index is 12.0. The predicted octanol–water partition coefficient (Wildman–Crippen LogP) is 4.22. The lowest BCUT2D eigenvalue weighted by Gasteiger charge is -2.04. The molecular weight excluding hydrogens is 318 g/mol. The number of carbonyl (C=O) groups excluding carboxylic acids is 1. The van der Waals surface area contributed by atoms with Crippen molar-refractivity contribution in [1.29, 1.82) is 0 Å². The Bertz CT molecular complexity index is 769. The fourth-order valence-corrected chi connectivity index (χ4v) is 2.11. The Morgan fingerprint density at radius 1 is 0.950 bits per heavy atom. The van der Waals surface area contributed by atoms with Crippen LogP contribution >= 0.6 is 15.9 Å². The van der Waals surface area contributed by atoms with E-state index >= 15 is 0 Å². The summed E-state index contributed by atoms with van der Waals surface area (Å²) in [4.78, 5) is 16.4. The van der Waals surface area contributed by atoms with Gasteiger partial charge in [0.2, 0.25) is 0 Å². The first-order valence-corrected chi connectivity index (χ1v) is 6.85. The fraction of sp³-hybridized carbons (Fsp3) is 0. The quantitative estimate of drug-likeness (QED) is 0.522. The molecule has 0 N–H and O–H groups in total. The first-order valence-electron chi connectivity index (χ1n) is 6.06. The van der Waals surface area contributed by atoms with Gasteiger partial charge in [-0.05, 0) is 36.4 Å². The van der Waals surface area contributed by atoms with Crippen LogP contribution in [0.2, 0.25) is 0 Å². The Labute approximate surface area is 124 Å². The van der Waals surface area contributed by atoms with Crippen LogP contribution in [-0.4, -0.2) is 11.0 Å². The monoisotopic (exact) mass is 327 g/mol. The highest BCUT2D eigenvalue weighted by Crippen LogP contribution is 2.18. The second kappa shape index (κ2) is 5.43. The van der Waals surface area contributed by atoms with E-state index < -0.39 is 5.97 Å². The molecule has 0 aliphatic rings. The normalized spacial score (nSPS) is 10.4. The summed E-state index contributed by atoms with van der Waals surface area (Å²) in [6, 6.07) is 18.3. The molecule has 0 saturated heterocycles. The molecule has 0 bridgehead atoms. The number of nitrogens with zero attached hydrogens (tertiary/aromatic N) is 1. The summed E-state index contributed by atoms with van der Waals surface area (Å²) in [6.07, 6.45) is 0. The van der Waals surface area contributed by atoms with E-state index in [1.165, 1.54) is 0 Å². The molecule has 1 heterocycles. The molecule has 1 aromatic heterocycles. The van der Waals surface area contributed by atoms with Gasteiger partial charge in [-0.25, -0.2) is 9.78 Å². The van der Waals surface area contributed by atoms with Crippen molar-refractivity contribution in [2.24, 2.45) is 0 Å². The lowest BCUT2D eigenvalue weighted by molar-refractivity contribution is 0.0729. The molecule has 0 saturated carbocycles. The minimum absolute atomic E-state index is 0.298. The van der Waals surface area contributed by atoms with Crippen LogP contribution in [0.3, 0.4) is 0 Å². The number of hydrogen-bond acceptors (Lipinski definition) is 3. The van der Waals surface area contributed by atoms with Crippen molar-refractivity contribution in [2.45, 2.75) is 0 Å². The summed E-state index contributed by atoms with van der Waals surface area (Å²) >= 11 is 3.33. The summed E-state index contributed by atoms with van der Waals surface area (Å²) in [7, 11) is 0. The minimum Gasteiger partial charge on any atom is -0.422 e. The van der Waals surface area contributed by atoms with Gasteiger partial charge in [-0.15, -0.1) is 0 Å². The number of ether oxygens (including phenoxy) is 1. The molecule has 0 spiro atoms. The number of para-hydroxylation sites is 1. The first kappa shape index (κ1) is 12.8. The van der Waals surface area contributed by atoms with Crippen molar-refractivity contribution in [3.8, 4) is 5.75 Å². The first-order chi connectivity index (χ1) is 9.72. The van der Waals surface area contributed by atoms with Crippen LogP contribution in [0.5, 0.6) is 5.75 Å².